The van der Waals surface area contributed by atoms with Crippen LogP contribution >= 0.6 is 0 Å². The minimum atomic E-state index is -2.16. The number of fused-ring (bicyclic) bond motifs is 7. The van der Waals surface area contributed by atoms with Gasteiger partial charge in [-0.3, -0.25) is 4.79 Å². The molecule has 0 spiro atoms. The van der Waals surface area contributed by atoms with Gasteiger partial charge in [0.05, 0.1) is 49.7 Å². The molecule has 4 heterocycles. The smallest absolute Gasteiger partial charge is 0.335 e. The van der Waals surface area contributed by atoms with Crippen molar-refractivity contribution < 1.29 is 138 Å². The van der Waals surface area contributed by atoms with Crippen molar-refractivity contribution in [1.82, 2.24) is 0 Å². The second-order valence-corrected chi connectivity index (χ2v) is 29.4. The van der Waals surface area contributed by atoms with Crippen molar-refractivity contribution in [3.63, 3.8) is 0 Å². The monoisotopic (exact) mass is 1330 g/mol. The zero-order chi connectivity index (χ0) is 68.9. The van der Waals surface area contributed by atoms with Crippen molar-refractivity contribution in [2.75, 3.05) is 19.8 Å². The van der Waals surface area contributed by atoms with Crippen LogP contribution in [-0.2, 0) is 71.3 Å². The maximum absolute atomic E-state index is 13.5. The number of carbonyl (C=O) groups excluding carboxylic acids is 3. The van der Waals surface area contributed by atoms with Crippen molar-refractivity contribution in [3.05, 3.63) is 34.9 Å². The van der Waals surface area contributed by atoms with Gasteiger partial charge >= 0.3 is 23.9 Å². The first-order chi connectivity index (χ1) is 43.4. The van der Waals surface area contributed by atoms with Gasteiger partial charge in [-0.25, -0.2) is 14.4 Å². The van der Waals surface area contributed by atoms with Crippen LogP contribution in [0.5, 0.6) is 0 Å². The van der Waals surface area contributed by atoms with Gasteiger partial charge in [-0.2, -0.15) is 0 Å². The summed E-state index contributed by atoms with van der Waals surface area (Å²) in [6.45, 7) is 20.5. The number of aliphatic hydroxyl groups excluding tert-OH is 12. The molecule has 5 aliphatic carbocycles. The van der Waals surface area contributed by atoms with Crippen molar-refractivity contribution in [2.45, 2.75) is 276 Å². The highest BCUT2D eigenvalue weighted by Crippen LogP contribution is 2.76. The van der Waals surface area contributed by atoms with E-state index in [0.717, 1.165) is 5.57 Å². The number of esters is 3. The number of aliphatic hydroxyl groups is 12. The van der Waals surface area contributed by atoms with Gasteiger partial charge in [-0.15, -0.1) is 0 Å². The van der Waals surface area contributed by atoms with Crippen LogP contribution in [-0.4, -0.2) is 257 Å². The van der Waals surface area contributed by atoms with E-state index in [2.05, 4.69) is 19.9 Å². The Morgan fingerprint density at radius 1 is 0.581 bits per heavy atom. The predicted molar refractivity (Wildman–Crippen MR) is 318 cm³/mol. The molecule has 0 aromatic rings. The topological polar surface area (TPSA) is 433 Å². The first-order valence-corrected chi connectivity index (χ1v) is 32.4. The van der Waals surface area contributed by atoms with Gasteiger partial charge in [0.1, 0.15) is 79.4 Å². The highest BCUT2D eigenvalue weighted by atomic mass is 16.8. The van der Waals surface area contributed by atoms with Crippen molar-refractivity contribution in [2.24, 2.45) is 50.2 Å². The Morgan fingerprint density at radius 3 is 1.68 bits per heavy atom. The van der Waals surface area contributed by atoms with E-state index in [9.17, 15) is 85.6 Å². The molecule has 31 atom stereocenters. The molecule has 528 valence electrons. The summed E-state index contributed by atoms with van der Waals surface area (Å²) in [5.74, 6) is -5.25. The van der Waals surface area contributed by atoms with E-state index in [1.165, 1.54) is 32.9 Å². The van der Waals surface area contributed by atoms with Crippen molar-refractivity contribution >= 4 is 23.9 Å². The molecule has 4 saturated heterocycles. The Labute approximate surface area is 540 Å². The van der Waals surface area contributed by atoms with Crippen LogP contribution in [0.25, 0.3) is 0 Å². The first-order valence-electron chi connectivity index (χ1n) is 32.4. The molecule has 0 bridgehead atoms. The van der Waals surface area contributed by atoms with Gasteiger partial charge in [0.15, 0.2) is 43.5 Å². The summed E-state index contributed by atoms with van der Waals surface area (Å²) in [7, 11) is 0. The molecule has 13 N–H and O–H groups in total. The average molecular weight is 1330 g/mol. The van der Waals surface area contributed by atoms with E-state index in [4.69, 9.17) is 52.1 Å². The predicted octanol–water partition coefficient (Wildman–Crippen LogP) is -0.315. The molecule has 0 aromatic carbocycles. The Hall–Kier alpha value is -3.70. The summed E-state index contributed by atoms with van der Waals surface area (Å²) in [6, 6.07) is 0. The van der Waals surface area contributed by atoms with Gasteiger partial charge in [0.25, 0.3) is 0 Å². The third-order valence-corrected chi connectivity index (χ3v) is 23.7. The largest absolute Gasteiger partial charge is 0.479 e. The lowest BCUT2D eigenvalue weighted by Gasteiger charge is -2.73. The van der Waals surface area contributed by atoms with Crippen molar-refractivity contribution in [1.29, 1.82) is 0 Å². The second-order valence-electron chi connectivity index (χ2n) is 29.4. The Balaban J connectivity index is 1.03. The number of allylic oxidation sites excluding steroid dienone is 3. The van der Waals surface area contributed by atoms with E-state index >= 15 is 0 Å². The molecule has 0 aromatic heterocycles. The van der Waals surface area contributed by atoms with Crippen LogP contribution in [0.2, 0.25) is 0 Å². The second kappa shape index (κ2) is 27.2. The summed E-state index contributed by atoms with van der Waals surface area (Å²) >= 11 is 0. The molecule has 9 aliphatic rings. The fourth-order valence-corrected chi connectivity index (χ4v) is 18.0. The summed E-state index contributed by atoms with van der Waals surface area (Å²) in [6.07, 6.45) is -32.8. The number of aliphatic carboxylic acids is 1. The molecule has 0 radical (unpaired) electrons. The number of rotatable bonds is 17. The van der Waals surface area contributed by atoms with Crippen LogP contribution in [0.4, 0.5) is 0 Å². The number of carboxylic acids is 1. The highest BCUT2D eigenvalue weighted by Gasteiger charge is 2.76. The molecule has 93 heavy (non-hydrogen) atoms. The highest BCUT2D eigenvalue weighted by molar-refractivity contribution is 5.88. The summed E-state index contributed by atoms with van der Waals surface area (Å²) in [5, 5.41) is 147. The molecule has 9 rings (SSSR count). The molecule has 28 nitrogen and oxygen atoms in total. The number of hydrogen-bond donors (Lipinski definition) is 13. The lowest BCUT2D eigenvalue weighted by atomic mass is 9.32. The quantitative estimate of drug-likeness (QED) is 0.0292. The lowest BCUT2D eigenvalue weighted by molar-refractivity contribution is -0.386. The third kappa shape index (κ3) is 12.2. The molecule has 28 heteroatoms. The third-order valence-electron chi connectivity index (χ3n) is 23.7. The molecule has 4 saturated carbocycles. The van der Waals surface area contributed by atoms with Gasteiger partial charge < -0.3 is 118 Å². The van der Waals surface area contributed by atoms with Gasteiger partial charge in [0, 0.05) is 23.5 Å². The van der Waals surface area contributed by atoms with Gasteiger partial charge in [-0.1, -0.05) is 72.3 Å². The van der Waals surface area contributed by atoms with Crippen LogP contribution in [0.1, 0.15) is 129 Å². The van der Waals surface area contributed by atoms with Crippen LogP contribution in [0.3, 0.4) is 0 Å². The fraction of sp³-hybridized carbons (Fsp3) is 0.846. The minimum Gasteiger partial charge on any atom is -0.479 e. The zero-order valence-electron chi connectivity index (χ0n) is 55.1. The zero-order valence-corrected chi connectivity index (χ0v) is 55.1. The SMILES string of the molecule is C/C=C(/C)C(=O)O[C@@H]1[C@@H](OC(=O)/C(C)=C\C)[C@@H](O)[C@H](O[C@H]2[C@@H](OC(C)=O)[C@@]3(CO)C(CC2(C)C)C2=CCC4[C@@]5(C)CC[C@H](O[C@H]6O[C@H](C(=O)O)[C@@H](O)[C@H](O[C@H]7O[C@H](CO)[C@@H](O)[C@@H]7O)[C@H]6O[C@@H]6O[C@H](CO)[C@H](O)[C@H](O)[C@H]6O)C(C)(C)C5CC[C@@]4(C)[C@]2(C)[C@H](O)[C@@H]3O)O[C@H]1C. The fourth-order valence-electron chi connectivity index (χ4n) is 18.0. The average Bonchev–Trinajstić information content (AvgIpc) is 0.856. The molecule has 0 amide bonds. The van der Waals surface area contributed by atoms with E-state index in [1.807, 2.05) is 34.6 Å². The molecular weight excluding hydrogens is 1230 g/mol. The van der Waals surface area contributed by atoms with E-state index in [-0.39, 0.29) is 35.8 Å². The van der Waals surface area contributed by atoms with Crippen molar-refractivity contribution in [3.8, 4) is 0 Å². The molecule has 3 unspecified atom stereocenters. The minimum absolute atomic E-state index is 0.170. The first kappa shape index (κ1) is 73.5. The number of hydrogen-bond acceptors (Lipinski definition) is 27. The lowest BCUT2D eigenvalue weighted by Crippen LogP contribution is -2.77. The molecule has 8 fully saturated rings. The summed E-state index contributed by atoms with van der Waals surface area (Å²) in [5.41, 5.74) is -5.17. The summed E-state index contributed by atoms with van der Waals surface area (Å²) in [4.78, 5) is 53.1. The van der Waals surface area contributed by atoms with Crippen LogP contribution < -0.4 is 0 Å². The Bertz CT molecular complexity index is 2820. The van der Waals surface area contributed by atoms with E-state index < -0.39 is 229 Å². The Kier molecular flexibility index (Phi) is 21.5. The van der Waals surface area contributed by atoms with Crippen LogP contribution in [0.15, 0.2) is 34.9 Å². The Morgan fingerprint density at radius 2 is 1.13 bits per heavy atom. The standard InChI is InChI=1S/C65H100O28/c1-14-26(3)54(81)88-44-28(5)83-58(43(76)46(44)89-55(82)27(4)15-2)93-51-52(84-29(6)69)65(25-68)31(22-60(51,7)8)30-16-17-35-62(11)20-19-36(61(9,10)34(62)18-21-63(35,12)64(30,13)49(77)50(65)78)87-59-48(92-57-41(74)39(72)37(70)32(23-66)85-57)45(42(75)47(91-59)53(79)80)90-56-40(73)38(71)33(24-67)86-56/h14-16,28,31-52,56-59,66-68,70-78H,17-25H2,1-13H3,(H,79,80)/b26-14-,27-15-/t28-,31?,32+,33+,34?,35?,36-,37-,38+,39-,40-,41+,42-,43+,44-,45-,46-,47-,48+,49+,50-,51-,52+,56+,57-,58-,59-,62-,63+,64-,65-/m0/s1. The van der Waals surface area contributed by atoms with E-state index in [1.54, 1.807) is 20.8 Å². The van der Waals surface area contributed by atoms with Crippen LogP contribution in [0, 0.1) is 50.2 Å². The van der Waals surface area contributed by atoms with Gasteiger partial charge in [-0.05, 0) is 113 Å². The number of carboxylic acid groups (broad SMARTS) is 1. The number of carbonyl (C=O) groups is 4. The maximum atomic E-state index is 13.5. The molecule has 4 aliphatic heterocycles. The van der Waals surface area contributed by atoms with E-state index in [0.29, 0.717) is 25.7 Å². The summed E-state index contributed by atoms with van der Waals surface area (Å²) < 4.78 is 67.6. The normalized spacial score (nSPS) is 48.8. The number of ether oxygens (including phenoxy) is 11. The maximum Gasteiger partial charge on any atom is 0.335 e. The molecular formula is C65H100O28. The van der Waals surface area contributed by atoms with Gasteiger partial charge in [0.2, 0.25) is 0 Å².